The maximum absolute atomic E-state index is 9.45. The van der Waals surface area contributed by atoms with Crippen LogP contribution in [-0.2, 0) is 4.79 Å². The number of aliphatic carboxylic acids is 1. The Morgan fingerprint density at radius 3 is 1.42 bits per heavy atom. The molecule has 1 unspecified atom stereocenters. The molecule has 5 nitrogen and oxygen atoms in total. The monoisotopic (exact) mass is 444 g/mol. The number of aliphatic hydroxyl groups excluding tert-OH is 1. The summed E-state index contributed by atoms with van der Waals surface area (Å²) < 4.78 is 0. The van der Waals surface area contributed by atoms with Gasteiger partial charge < -0.3 is 20.4 Å². The molecule has 0 heterocycles. The number of nitrogens with zero attached hydrogens (tertiary/aromatic N) is 1. The standard InChI is InChI=1S/C23H50N2.C3H6O3/c1-23(2)19-16-14-12-10-8-6-5-7-9-11-13-15-17-20-24-21-18-22-25(3)4;1-2(4)3(5)6/h23-24H,5-22H2,1-4H3;2,4H,1H3,(H,5,6). The lowest BCUT2D eigenvalue weighted by Gasteiger charge is -2.09. The van der Waals surface area contributed by atoms with E-state index in [2.05, 4.69) is 38.2 Å². The highest BCUT2D eigenvalue weighted by molar-refractivity contribution is 5.71. The summed E-state index contributed by atoms with van der Waals surface area (Å²) in [5.41, 5.74) is 0. The molecular formula is C26H56N2O3. The number of unbranched alkanes of at least 4 members (excludes halogenated alkanes) is 12. The van der Waals surface area contributed by atoms with E-state index in [-0.39, 0.29) is 0 Å². The van der Waals surface area contributed by atoms with E-state index in [0.717, 1.165) is 5.92 Å². The van der Waals surface area contributed by atoms with Crippen molar-refractivity contribution in [2.45, 2.75) is 123 Å². The van der Waals surface area contributed by atoms with Crippen LogP contribution < -0.4 is 5.32 Å². The number of nitrogens with one attached hydrogen (secondary N) is 1. The minimum atomic E-state index is -1.23. The van der Waals surface area contributed by atoms with Gasteiger partial charge in [0.15, 0.2) is 0 Å². The summed E-state index contributed by atoms with van der Waals surface area (Å²) in [6, 6.07) is 0. The van der Waals surface area contributed by atoms with Crippen LogP contribution in [0.4, 0.5) is 0 Å². The summed E-state index contributed by atoms with van der Waals surface area (Å²) in [5.74, 6) is -0.292. The molecule has 0 bridgehead atoms. The fraction of sp³-hybridized carbons (Fsp3) is 0.962. The van der Waals surface area contributed by atoms with Crippen LogP contribution in [0, 0.1) is 5.92 Å². The van der Waals surface area contributed by atoms with Crippen LogP contribution in [0.15, 0.2) is 0 Å². The first kappa shape index (κ1) is 32.5. The average Bonchev–Trinajstić information content (AvgIpc) is 2.69. The fourth-order valence-electron chi connectivity index (χ4n) is 3.39. The molecule has 0 aromatic rings. The normalized spacial score (nSPS) is 12.1. The van der Waals surface area contributed by atoms with Crippen LogP contribution in [0.5, 0.6) is 0 Å². The minimum absolute atomic E-state index is 0.893. The number of carboxylic acids is 1. The molecule has 0 aromatic carbocycles. The van der Waals surface area contributed by atoms with Gasteiger partial charge in [-0.2, -0.15) is 0 Å². The maximum atomic E-state index is 9.45. The molecule has 0 aromatic heterocycles. The van der Waals surface area contributed by atoms with E-state index in [1.807, 2.05) is 0 Å². The van der Waals surface area contributed by atoms with E-state index in [0.29, 0.717) is 0 Å². The summed E-state index contributed by atoms with van der Waals surface area (Å²) >= 11 is 0. The first-order valence-corrected chi connectivity index (χ1v) is 13.0. The SMILES string of the molecule is CC(C)CCCCCCCCCCCCCCCNCCCN(C)C.CC(O)C(=O)O. The van der Waals surface area contributed by atoms with Gasteiger partial charge in [0, 0.05) is 0 Å². The Balaban J connectivity index is 0. The molecular weight excluding hydrogens is 388 g/mol. The highest BCUT2D eigenvalue weighted by Crippen LogP contribution is 2.14. The predicted molar refractivity (Wildman–Crippen MR) is 135 cm³/mol. The van der Waals surface area contributed by atoms with Crippen LogP contribution in [-0.4, -0.2) is 60.9 Å². The Morgan fingerprint density at radius 1 is 0.710 bits per heavy atom. The van der Waals surface area contributed by atoms with Crippen molar-refractivity contribution in [1.29, 1.82) is 0 Å². The summed E-state index contributed by atoms with van der Waals surface area (Å²) in [6.07, 6.45) is 20.3. The summed E-state index contributed by atoms with van der Waals surface area (Å²) in [4.78, 5) is 11.7. The van der Waals surface area contributed by atoms with Gasteiger partial charge in [-0.1, -0.05) is 97.3 Å². The molecule has 31 heavy (non-hydrogen) atoms. The van der Waals surface area contributed by atoms with E-state index in [1.54, 1.807) is 0 Å². The zero-order valence-electron chi connectivity index (χ0n) is 21.6. The highest BCUT2D eigenvalue weighted by Gasteiger charge is 2.01. The molecule has 3 N–H and O–H groups in total. The number of rotatable bonds is 21. The zero-order valence-corrected chi connectivity index (χ0v) is 21.6. The van der Waals surface area contributed by atoms with Gasteiger partial charge in [-0.3, -0.25) is 0 Å². The second-order valence-corrected chi connectivity index (χ2v) is 9.70. The molecule has 0 aliphatic heterocycles. The topological polar surface area (TPSA) is 72.8 Å². The smallest absolute Gasteiger partial charge is 0.332 e. The molecule has 0 radical (unpaired) electrons. The molecule has 0 rings (SSSR count). The Bertz CT molecular complexity index is 337. The second-order valence-electron chi connectivity index (χ2n) is 9.70. The van der Waals surface area contributed by atoms with Crippen molar-refractivity contribution in [2.24, 2.45) is 5.92 Å². The van der Waals surface area contributed by atoms with Crippen LogP contribution in [0.2, 0.25) is 0 Å². The Labute approximate surface area is 194 Å². The van der Waals surface area contributed by atoms with Gasteiger partial charge in [0.05, 0.1) is 0 Å². The summed E-state index contributed by atoms with van der Waals surface area (Å²) in [5, 5.41) is 19.3. The van der Waals surface area contributed by atoms with Crippen molar-refractivity contribution >= 4 is 5.97 Å². The quantitative estimate of drug-likeness (QED) is 0.187. The third-order valence-electron chi connectivity index (χ3n) is 5.45. The molecule has 188 valence electrons. The van der Waals surface area contributed by atoms with Crippen molar-refractivity contribution in [3.63, 3.8) is 0 Å². The number of hydrogen-bond donors (Lipinski definition) is 3. The predicted octanol–water partition coefficient (Wildman–Crippen LogP) is 6.10. The van der Waals surface area contributed by atoms with Crippen LogP contribution in [0.1, 0.15) is 117 Å². The molecule has 0 amide bonds. The van der Waals surface area contributed by atoms with Gasteiger partial charge in [0.2, 0.25) is 0 Å². The fourth-order valence-corrected chi connectivity index (χ4v) is 3.39. The number of hydrogen-bond acceptors (Lipinski definition) is 4. The third-order valence-corrected chi connectivity index (χ3v) is 5.45. The van der Waals surface area contributed by atoms with Crippen molar-refractivity contribution < 1.29 is 15.0 Å². The summed E-state index contributed by atoms with van der Waals surface area (Å²) in [6.45, 7) is 9.46. The van der Waals surface area contributed by atoms with E-state index in [1.165, 1.54) is 123 Å². The number of carboxylic acid groups (broad SMARTS) is 1. The lowest BCUT2D eigenvalue weighted by atomic mass is 10.0. The molecule has 0 aliphatic rings. The molecule has 0 spiro atoms. The first-order valence-electron chi connectivity index (χ1n) is 13.0. The molecule has 0 saturated carbocycles. The number of carbonyl (C=O) groups is 1. The van der Waals surface area contributed by atoms with Crippen molar-refractivity contribution in [2.75, 3.05) is 33.7 Å². The Morgan fingerprint density at radius 2 is 1.06 bits per heavy atom. The first-order chi connectivity index (χ1) is 14.8. The minimum Gasteiger partial charge on any atom is -0.479 e. The molecule has 0 saturated heterocycles. The molecule has 5 heteroatoms. The number of aliphatic hydroxyl groups is 1. The van der Waals surface area contributed by atoms with Gasteiger partial charge >= 0.3 is 5.97 Å². The summed E-state index contributed by atoms with van der Waals surface area (Å²) in [7, 11) is 4.30. The van der Waals surface area contributed by atoms with Crippen molar-refractivity contribution in [3.8, 4) is 0 Å². The average molecular weight is 445 g/mol. The Kier molecular flexibility index (Phi) is 26.9. The van der Waals surface area contributed by atoms with E-state index in [9.17, 15) is 4.79 Å². The molecule has 0 aliphatic carbocycles. The maximum Gasteiger partial charge on any atom is 0.332 e. The van der Waals surface area contributed by atoms with Gasteiger partial charge in [0.25, 0.3) is 0 Å². The largest absolute Gasteiger partial charge is 0.479 e. The second kappa shape index (κ2) is 25.6. The van der Waals surface area contributed by atoms with Crippen LogP contribution in [0.25, 0.3) is 0 Å². The molecule has 1 atom stereocenters. The van der Waals surface area contributed by atoms with Crippen molar-refractivity contribution in [3.05, 3.63) is 0 Å². The van der Waals surface area contributed by atoms with Gasteiger partial charge in [0.1, 0.15) is 6.10 Å². The van der Waals surface area contributed by atoms with E-state index >= 15 is 0 Å². The lowest BCUT2D eigenvalue weighted by molar-refractivity contribution is -0.145. The van der Waals surface area contributed by atoms with Gasteiger partial charge in [-0.15, -0.1) is 0 Å². The molecule has 0 fully saturated rings. The third kappa shape index (κ3) is 34.2. The zero-order chi connectivity index (χ0) is 23.7. The van der Waals surface area contributed by atoms with Crippen LogP contribution in [0.3, 0.4) is 0 Å². The van der Waals surface area contributed by atoms with Gasteiger partial charge in [-0.05, 0) is 59.4 Å². The van der Waals surface area contributed by atoms with Crippen LogP contribution >= 0.6 is 0 Å². The highest BCUT2D eigenvalue weighted by atomic mass is 16.4. The van der Waals surface area contributed by atoms with E-state index in [4.69, 9.17) is 10.2 Å². The van der Waals surface area contributed by atoms with Crippen molar-refractivity contribution in [1.82, 2.24) is 10.2 Å². The van der Waals surface area contributed by atoms with Gasteiger partial charge in [-0.25, -0.2) is 4.79 Å². The van der Waals surface area contributed by atoms with E-state index < -0.39 is 12.1 Å². The Hall–Kier alpha value is -0.650. The lowest BCUT2D eigenvalue weighted by Crippen LogP contribution is -2.22.